The van der Waals surface area contributed by atoms with Crippen LogP contribution in [-0.4, -0.2) is 28.9 Å². The first-order chi connectivity index (χ1) is 13.1. The summed E-state index contributed by atoms with van der Waals surface area (Å²) in [5.41, 5.74) is 4.96. The van der Waals surface area contributed by atoms with Crippen LogP contribution in [0.5, 0.6) is 5.75 Å². The monoisotopic (exact) mass is 402 g/mol. The smallest absolute Gasteiger partial charge is 0.289 e. The quantitative estimate of drug-likeness (QED) is 0.468. The van der Waals surface area contributed by atoms with Crippen LogP contribution in [0.2, 0.25) is 10.0 Å². The van der Waals surface area contributed by atoms with Crippen LogP contribution in [0, 0.1) is 0 Å². The zero-order valence-corrected chi connectivity index (χ0v) is 15.9. The molecule has 0 bridgehead atoms. The number of halogens is 2. The second-order valence-electron chi connectivity index (χ2n) is 5.50. The van der Waals surface area contributed by atoms with Crippen LogP contribution in [0.4, 0.5) is 0 Å². The van der Waals surface area contributed by atoms with E-state index in [0.29, 0.717) is 33.6 Å². The van der Waals surface area contributed by atoms with Gasteiger partial charge >= 0.3 is 0 Å². The van der Waals surface area contributed by atoms with Gasteiger partial charge in [-0.2, -0.15) is 10.2 Å². The van der Waals surface area contributed by atoms with E-state index >= 15 is 0 Å². The van der Waals surface area contributed by atoms with Crippen molar-refractivity contribution in [1.82, 2.24) is 15.6 Å². The highest BCUT2D eigenvalue weighted by atomic mass is 35.5. The molecule has 138 valence electrons. The van der Waals surface area contributed by atoms with Gasteiger partial charge in [-0.05, 0) is 55.0 Å². The maximum atomic E-state index is 12.2. The SMILES string of the molecule is CCOc1ccc(-c2cc(C(=O)N/N=C/c3ccc(Cl)c(Cl)c3)[nH]n2)cc1. The Morgan fingerprint density at radius 1 is 1.19 bits per heavy atom. The maximum absolute atomic E-state index is 12.2. The van der Waals surface area contributed by atoms with Crippen molar-refractivity contribution < 1.29 is 9.53 Å². The Labute approximate surface area is 166 Å². The average molecular weight is 403 g/mol. The molecule has 0 radical (unpaired) electrons. The number of nitrogens with one attached hydrogen (secondary N) is 2. The number of aromatic amines is 1. The molecule has 2 N–H and O–H groups in total. The van der Waals surface area contributed by atoms with Crippen LogP contribution in [0.15, 0.2) is 53.6 Å². The summed E-state index contributed by atoms with van der Waals surface area (Å²) in [6.45, 7) is 2.53. The standard InChI is InChI=1S/C19H16Cl2N4O2/c1-2-27-14-6-4-13(5-7-14)17-10-18(24-23-17)19(26)25-22-11-12-3-8-15(20)16(21)9-12/h3-11H,2H2,1H3,(H,23,24)(H,25,26)/b22-11+. The minimum absolute atomic E-state index is 0.296. The fraction of sp³-hybridized carbons (Fsp3) is 0.105. The molecule has 8 heteroatoms. The van der Waals surface area contributed by atoms with Crippen LogP contribution in [0.1, 0.15) is 23.0 Å². The Bertz CT molecular complexity index is 968. The van der Waals surface area contributed by atoms with E-state index in [9.17, 15) is 4.79 Å². The summed E-state index contributed by atoms with van der Waals surface area (Å²) in [5, 5.41) is 11.6. The second kappa shape index (κ2) is 8.70. The van der Waals surface area contributed by atoms with Gasteiger partial charge in [-0.25, -0.2) is 5.43 Å². The number of amides is 1. The highest BCUT2D eigenvalue weighted by molar-refractivity contribution is 6.42. The molecule has 3 aromatic rings. The van der Waals surface area contributed by atoms with Crippen molar-refractivity contribution in [2.24, 2.45) is 5.10 Å². The zero-order chi connectivity index (χ0) is 19.2. The molecule has 0 unspecified atom stereocenters. The predicted octanol–water partition coefficient (Wildman–Crippen LogP) is 4.55. The summed E-state index contributed by atoms with van der Waals surface area (Å²) in [5.74, 6) is 0.377. The number of carbonyl (C=O) groups is 1. The van der Waals surface area contributed by atoms with Crippen LogP contribution in [0.25, 0.3) is 11.3 Å². The molecule has 0 atom stereocenters. The minimum Gasteiger partial charge on any atom is -0.494 e. The third kappa shape index (κ3) is 4.87. The lowest BCUT2D eigenvalue weighted by Gasteiger charge is -2.02. The van der Waals surface area contributed by atoms with Gasteiger partial charge in [0.2, 0.25) is 0 Å². The zero-order valence-electron chi connectivity index (χ0n) is 14.4. The summed E-state index contributed by atoms with van der Waals surface area (Å²) in [6, 6.07) is 14.2. The van der Waals surface area contributed by atoms with Crippen molar-refractivity contribution in [2.45, 2.75) is 6.92 Å². The van der Waals surface area contributed by atoms with E-state index in [4.69, 9.17) is 27.9 Å². The highest BCUT2D eigenvalue weighted by Gasteiger charge is 2.10. The number of H-pyrrole nitrogens is 1. The molecule has 27 heavy (non-hydrogen) atoms. The molecule has 1 heterocycles. The lowest BCUT2D eigenvalue weighted by Crippen LogP contribution is -2.18. The van der Waals surface area contributed by atoms with Crippen molar-refractivity contribution in [2.75, 3.05) is 6.61 Å². The highest BCUT2D eigenvalue weighted by Crippen LogP contribution is 2.22. The van der Waals surface area contributed by atoms with Crippen LogP contribution in [0.3, 0.4) is 0 Å². The van der Waals surface area contributed by atoms with Crippen LogP contribution < -0.4 is 10.2 Å². The van der Waals surface area contributed by atoms with E-state index in [1.54, 1.807) is 24.3 Å². The number of carbonyl (C=O) groups excluding carboxylic acids is 1. The van der Waals surface area contributed by atoms with Crippen LogP contribution in [-0.2, 0) is 0 Å². The summed E-state index contributed by atoms with van der Waals surface area (Å²) < 4.78 is 5.41. The van der Waals surface area contributed by atoms with Gasteiger partial charge in [0.15, 0.2) is 0 Å². The number of hydrazone groups is 1. The summed E-state index contributed by atoms with van der Waals surface area (Å²) in [4.78, 5) is 12.2. The van der Waals surface area contributed by atoms with Crippen molar-refractivity contribution >= 4 is 35.3 Å². The normalized spacial score (nSPS) is 10.9. The Hall–Kier alpha value is -2.83. The Morgan fingerprint density at radius 2 is 1.96 bits per heavy atom. The Kier molecular flexibility index (Phi) is 6.11. The molecule has 1 aromatic heterocycles. The Balaban J connectivity index is 1.64. The lowest BCUT2D eigenvalue weighted by molar-refractivity contribution is 0.0950. The van der Waals surface area contributed by atoms with Gasteiger partial charge in [0, 0.05) is 5.56 Å². The Morgan fingerprint density at radius 3 is 2.67 bits per heavy atom. The first kappa shape index (κ1) is 18.9. The molecular weight excluding hydrogens is 387 g/mol. The fourth-order valence-corrected chi connectivity index (χ4v) is 2.60. The van der Waals surface area contributed by atoms with Gasteiger partial charge in [-0.1, -0.05) is 29.3 Å². The third-order valence-electron chi connectivity index (χ3n) is 3.61. The van der Waals surface area contributed by atoms with Gasteiger partial charge < -0.3 is 4.74 Å². The van der Waals surface area contributed by atoms with Gasteiger partial charge in [0.25, 0.3) is 5.91 Å². The van der Waals surface area contributed by atoms with Gasteiger partial charge in [0.1, 0.15) is 11.4 Å². The van der Waals surface area contributed by atoms with Gasteiger partial charge in [-0.3, -0.25) is 9.89 Å². The molecule has 0 aliphatic heterocycles. The molecular formula is C19H16Cl2N4O2. The molecule has 6 nitrogen and oxygen atoms in total. The largest absolute Gasteiger partial charge is 0.494 e. The number of hydrogen-bond donors (Lipinski definition) is 2. The maximum Gasteiger partial charge on any atom is 0.289 e. The van der Waals surface area contributed by atoms with Crippen molar-refractivity contribution in [1.29, 1.82) is 0 Å². The number of benzene rings is 2. The second-order valence-corrected chi connectivity index (χ2v) is 6.31. The van der Waals surface area contributed by atoms with Gasteiger partial charge in [-0.15, -0.1) is 0 Å². The predicted molar refractivity (Wildman–Crippen MR) is 107 cm³/mol. The first-order valence-electron chi connectivity index (χ1n) is 8.14. The number of rotatable bonds is 6. The number of nitrogens with zero attached hydrogens (tertiary/aromatic N) is 2. The van der Waals surface area contributed by atoms with E-state index in [2.05, 4.69) is 20.7 Å². The summed E-state index contributed by atoms with van der Waals surface area (Å²) in [7, 11) is 0. The van der Waals surface area contributed by atoms with Gasteiger partial charge in [0.05, 0.1) is 28.6 Å². The third-order valence-corrected chi connectivity index (χ3v) is 4.35. The topological polar surface area (TPSA) is 79.4 Å². The number of hydrogen-bond acceptors (Lipinski definition) is 4. The molecule has 0 saturated heterocycles. The van der Waals surface area contributed by atoms with E-state index < -0.39 is 5.91 Å². The minimum atomic E-state index is -0.406. The summed E-state index contributed by atoms with van der Waals surface area (Å²) in [6.07, 6.45) is 1.48. The first-order valence-corrected chi connectivity index (χ1v) is 8.89. The van der Waals surface area contributed by atoms with Crippen molar-refractivity contribution in [3.8, 4) is 17.0 Å². The molecule has 0 aliphatic carbocycles. The molecule has 0 aliphatic rings. The lowest BCUT2D eigenvalue weighted by atomic mass is 10.1. The van der Waals surface area contributed by atoms with Crippen molar-refractivity contribution in [3.63, 3.8) is 0 Å². The molecule has 0 spiro atoms. The number of aromatic nitrogens is 2. The number of ether oxygens (including phenoxy) is 1. The molecule has 3 rings (SSSR count). The fourth-order valence-electron chi connectivity index (χ4n) is 2.29. The molecule has 0 fully saturated rings. The van der Waals surface area contributed by atoms with E-state index in [0.717, 1.165) is 11.3 Å². The molecule has 2 aromatic carbocycles. The summed E-state index contributed by atoms with van der Waals surface area (Å²) >= 11 is 11.8. The van der Waals surface area contributed by atoms with Crippen molar-refractivity contribution in [3.05, 3.63) is 69.8 Å². The van der Waals surface area contributed by atoms with Crippen LogP contribution >= 0.6 is 23.2 Å². The molecule has 1 amide bonds. The van der Waals surface area contributed by atoms with E-state index in [1.807, 2.05) is 31.2 Å². The van der Waals surface area contributed by atoms with E-state index in [-0.39, 0.29) is 0 Å². The average Bonchev–Trinajstić information content (AvgIpc) is 3.16. The molecule has 0 saturated carbocycles. The van der Waals surface area contributed by atoms with E-state index in [1.165, 1.54) is 6.21 Å².